The molecule has 1 atom stereocenters. The van der Waals surface area contributed by atoms with Crippen molar-refractivity contribution < 1.29 is 4.74 Å². The van der Waals surface area contributed by atoms with E-state index in [0.29, 0.717) is 11.6 Å². The number of allylic oxidation sites excluding steroid dienone is 1. The Morgan fingerprint density at radius 1 is 1.00 bits per heavy atom. The third-order valence-corrected chi connectivity index (χ3v) is 4.28. The summed E-state index contributed by atoms with van der Waals surface area (Å²) in [5.41, 5.74) is 3.09. The Hall–Kier alpha value is -1.68. The summed E-state index contributed by atoms with van der Waals surface area (Å²) in [7, 11) is 1.99. The molecule has 1 radical (unpaired) electrons. The van der Waals surface area contributed by atoms with Gasteiger partial charge in [-0.05, 0) is 48.9 Å². The second-order valence-electron chi connectivity index (χ2n) is 5.36. The van der Waals surface area contributed by atoms with Crippen molar-refractivity contribution in [3.8, 4) is 0 Å². The van der Waals surface area contributed by atoms with Crippen LogP contribution in [-0.4, -0.2) is 18.3 Å². The number of nitrogens with zero attached hydrogens (tertiary/aromatic N) is 2. The quantitative estimate of drug-likeness (QED) is 0.781. The van der Waals surface area contributed by atoms with Gasteiger partial charge >= 0.3 is 0 Å². The lowest BCUT2D eigenvalue weighted by Crippen LogP contribution is -2.41. The Balaban J connectivity index is 1.75. The lowest BCUT2D eigenvalue weighted by molar-refractivity contribution is 0.0522. The van der Waals surface area contributed by atoms with Crippen LogP contribution in [-0.2, 0) is 11.3 Å². The summed E-state index contributed by atoms with van der Waals surface area (Å²) in [6.07, 6.45) is 3.05. The molecule has 3 nitrogen and oxygen atoms in total. The van der Waals surface area contributed by atoms with E-state index in [1.165, 1.54) is 0 Å². The summed E-state index contributed by atoms with van der Waals surface area (Å²) in [4.78, 5) is 0. The van der Waals surface area contributed by atoms with Gasteiger partial charge in [0.2, 0.25) is 0 Å². The van der Waals surface area contributed by atoms with Crippen molar-refractivity contribution in [3.05, 3.63) is 75.9 Å². The van der Waals surface area contributed by atoms with Crippen molar-refractivity contribution in [2.45, 2.75) is 19.8 Å². The first-order chi connectivity index (χ1) is 11.0. The van der Waals surface area contributed by atoms with Crippen LogP contribution < -0.4 is 5.01 Å². The maximum atomic E-state index is 6.04. The van der Waals surface area contributed by atoms with E-state index in [1.54, 1.807) is 0 Å². The molecule has 0 spiro atoms. The number of halogens is 2. The number of hydrogen-bond acceptors (Lipinski definition) is 3. The molecule has 23 heavy (non-hydrogen) atoms. The minimum absolute atomic E-state index is 0.281. The lowest BCUT2D eigenvalue weighted by Gasteiger charge is -2.33. The van der Waals surface area contributed by atoms with Crippen LogP contribution in [0.4, 0.5) is 5.69 Å². The summed E-state index contributed by atoms with van der Waals surface area (Å²) in [6, 6.07) is 15.3. The molecule has 0 saturated heterocycles. The molecule has 1 unspecified atom stereocenters. The van der Waals surface area contributed by atoms with Gasteiger partial charge in [-0.15, -0.1) is 0 Å². The van der Waals surface area contributed by atoms with Crippen LogP contribution in [0, 0.1) is 6.08 Å². The Bertz CT molecular complexity index is 698. The molecule has 1 heterocycles. The van der Waals surface area contributed by atoms with E-state index in [1.807, 2.05) is 72.5 Å². The molecule has 3 rings (SSSR count). The van der Waals surface area contributed by atoms with Crippen molar-refractivity contribution in [2.75, 3.05) is 12.1 Å². The van der Waals surface area contributed by atoms with Crippen LogP contribution in [0.3, 0.4) is 0 Å². The van der Waals surface area contributed by atoms with Gasteiger partial charge in [0, 0.05) is 28.9 Å². The Morgan fingerprint density at radius 2 is 1.57 bits per heavy atom. The monoisotopic (exact) mass is 347 g/mol. The normalized spacial score (nSPS) is 17.6. The van der Waals surface area contributed by atoms with E-state index in [4.69, 9.17) is 27.9 Å². The van der Waals surface area contributed by atoms with E-state index in [0.717, 1.165) is 22.0 Å². The molecule has 5 heteroatoms. The Kier molecular flexibility index (Phi) is 4.81. The van der Waals surface area contributed by atoms with Crippen molar-refractivity contribution in [3.63, 3.8) is 0 Å². The molecule has 119 valence electrons. The maximum Gasteiger partial charge on any atom is 0.177 e. The third kappa shape index (κ3) is 3.63. The fraction of sp³-hybridized carbons (Fsp3) is 0.222. The summed E-state index contributed by atoms with van der Waals surface area (Å²) < 4.78 is 6.04. The van der Waals surface area contributed by atoms with Crippen LogP contribution in [0.1, 0.15) is 12.5 Å². The molecule has 1 aliphatic rings. The number of anilines is 1. The molecule has 0 amide bonds. The highest BCUT2D eigenvalue weighted by Crippen LogP contribution is 2.29. The second kappa shape index (κ2) is 6.83. The number of rotatable bonds is 4. The van der Waals surface area contributed by atoms with Gasteiger partial charge in [0.05, 0.1) is 12.3 Å². The van der Waals surface area contributed by atoms with Gasteiger partial charge in [-0.3, -0.25) is 10.0 Å². The van der Waals surface area contributed by atoms with E-state index < -0.39 is 0 Å². The number of benzene rings is 2. The standard InChI is InChI=1S/C18H17Cl2N2O/c1-13-11-18(23-12-14-3-5-15(19)6-4-14)22(21(13)2)17-9-7-16(20)8-10-17/h3-10,18H,12H2,1-2H3. The van der Waals surface area contributed by atoms with Gasteiger partial charge in [0.15, 0.2) is 6.23 Å². The summed E-state index contributed by atoms with van der Waals surface area (Å²) >= 11 is 11.9. The van der Waals surface area contributed by atoms with E-state index in [9.17, 15) is 0 Å². The molecule has 0 fully saturated rings. The van der Waals surface area contributed by atoms with Gasteiger partial charge in [0.1, 0.15) is 0 Å². The highest BCUT2D eigenvalue weighted by molar-refractivity contribution is 6.30. The SMILES string of the molecule is CC1=[C]C(OCc2ccc(Cl)cc2)N(c2ccc(Cl)cc2)N1C. The zero-order valence-corrected chi connectivity index (χ0v) is 14.5. The van der Waals surface area contributed by atoms with Crippen LogP contribution in [0.2, 0.25) is 10.0 Å². The van der Waals surface area contributed by atoms with E-state index in [2.05, 4.69) is 6.08 Å². The van der Waals surface area contributed by atoms with Gasteiger partial charge in [0.25, 0.3) is 0 Å². The molecule has 1 aliphatic heterocycles. The molecule has 0 saturated carbocycles. The molecule has 0 aromatic heterocycles. The predicted octanol–water partition coefficient (Wildman–Crippen LogP) is 4.91. The molecule has 0 aliphatic carbocycles. The smallest absolute Gasteiger partial charge is 0.177 e. The van der Waals surface area contributed by atoms with Crippen molar-refractivity contribution >= 4 is 28.9 Å². The van der Waals surface area contributed by atoms with Gasteiger partial charge < -0.3 is 4.74 Å². The van der Waals surface area contributed by atoms with Crippen molar-refractivity contribution in [1.29, 1.82) is 0 Å². The van der Waals surface area contributed by atoms with E-state index in [-0.39, 0.29) is 6.23 Å². The number of ether oxygens (including phenoxy) is 1. The van der Waals surface area contributed by atoms with Crippen LogP contribution in [0.15, 0.2) is 54.2 Å². The number of hydrogen-bond donors (Lipinski definition) is 0. The summed E-state index contributed by atoms with van der Waals surface area (Å²) in [5.74, 6) is 0. The molecule has 2 aromatic carbocycles. The predicted molar refractivity (Wildman–Crippen MR) is 94.2 cm³/mol. The highest BCUT2D eigenvalue weighted by Gasteiger charge is 2.29. The first-order valence-corrected chi connectivity index (χ1v) is 8.05. The summed E-state index contributed by atoms with van der Waals surface area (Å²) in [6.45, 7) is 2.49. The minimum Gasteiger partial charge on any atom is -0.347 e. The van der Waals surface area contributed by atoms with Crippen molar-refractivity contribution in [2.24, 2.45) is 0 Å². The first-order valence-electron chi connectivity index (χ1n) is 7.29. The zero-order chi connectivity index (χ0) is 16.4. The average molecular weight is 348 g/mol. The van der Waals surface area contributed by atoms with Crippen LogP contribution >= 0.6 is 23.2 Å². The molecule has 2 aromatic rings. The number of hydrazine groups is 1. The molecule has 0 N–H and O–H groups in total. The van der Waals surface area contributed by atoms with Gasteiger partial charge in [-0.25, -0.2) is 0 Å². The van der Waals surface area contributed by atoms with Crippen LogP contribution in [0.25, 0.3) is 0 Å². The first kappa shape index (κ1) is 16.2. The summed E-state index contributed by atoms with van der Waals surface area (Å²) in [5, 5.41) is 5.50. The topological polar surface area (TPSA) is 15.7 Å². The van der Waals surface area contributed by atoms with E-state index >= 15 is 0 Å². The largest absolute Gasteiger partial charge is 0.347 e. The molecular weight excluding hydrogens is 331 g/mol. The fourth-order valence-electron chi connectivity index (χ4n) is 2.42. The van der Waals surface area contributed by atoms with Crippen molar-refractivity contribution in [1.82, 2.24) is 5.01 Å². The average Bonchev–Trinajstić information content (AvgIpc) is 2.83. The Morgan fingerprint density at radius 3 is 2.17 bits per heavy atom. The maximum absolute atomic E-state index is 6.04. The Labute approximate surface area is 146 Å². The fourth-order valence-corrected chi connectivity index (χ4v) is 2.67. The minimum atomic E-state index is -0.281. The highest BCUT2D eigenvalue weighted by atomic mass is 35.5. The second-order valence-corrected chi connectivity index (χ2v) is 6.24. The van der Waals surface area contributed by atoms with Gasteiger partial charge in [-0.1, -0.05) is 35.3 Å². The zero-order valence-electron chi connectivity index (χ0n) is 13.0. The third-order valence-electron chi connectivity index (χ3n) is 3.78. The lowest BCUT2D eigenvalue weighted by atomic mass is 10.2. The molecule has 0 bridgehead atoms. The van der Waals surface area contributed by atoms with Gasteiger partial charge in [-0.2, -0.15) is 0 Å². The molecular formula is C18H17Cl2N2O. The van der Waals surface area contributed by atoms with Crippen LogP contribution in [0.5, 0.6) is 0 Å².